The zero-order valence-electron chi connectivity index (χ0n) is 13.8. The second-order valence-corrected chi connectivity index (χ2v) is 6.06. The first kappa shape index (κ1) is 16.3. The second-order valence-electron chi connectivity index (χ2n) is 5.70. The summed E-state index contributed by atoms with van der Waals surface area (Å²) in [6, 6.07) is 15.3. The molecule has 4 nitrogen and oxygen atoms in total. The monoisotopic (exact) mass is 339 g/mol. The van der Waals surface area contributed by atoms with Crippen LogP contribution in [-0.4, -0.2) is 15.7 Å². The van der Waals surface area contributed by atoms with E-state index in [-0.39, 0.29) is 5.91 Å². The molecule has 1 amide bonds. The molecule has 0 aliphatic heterocycles. The van der Waals surface area contributed by atoms with Crippen LogP contribution in [0.25, 0.3) is 5.69 Å². The fourth-order valence-corrected chi connectivity index (χ4v) is 2.93. The molecule has 0 spiro atoms. The van der Waals surface area contributed by atoms with E-state index in [0.717, 1.165) is 22.5 Å². The summed E-state index contributed by atoms with van der Waals surface area (Å²) in [4.78, 5) is 12.7. The number of halogens is 1. The van der Waals surface area contributed by atoms with Crippen molar-refractivity contribution < 1.29 is 4.79 Å². The fourth-order valence-electron chi connectivity index (χ4n) is 2.57. The van der Waals surface area contributed by atoms with Crippen molar-refractivity contribution in [2.45, 2.75) is 20.8 Å². The highest BCUT2D eigenvalue weighted by atomic mass is 35.5. The van der Waals surface area contributed by atoms with Gasteiger partial charge in [-0.25, -0.2) is 4.68 Å². The van der Waals surface area contributed by atoms with Crippen molar-refractivity contribution in [3.05, 3.63) is 76.1 Å². The summed E-state index contributed by atoms with van der Waals surface area (Å²) in [5, 5.41) is 7.65. The van der Waals surface area contributed by atoms with Gasteiger partial charge in [0.05, 0.1) is 11.4 Å². The lowest BCUT2D eigenvalue weighted by atomic mass is 10.1. The summed E-state index contributed by atoms with van der Waals surface area (Å²) < 4.78 is 1.58. The maximum absolute atomic E-state index is 12.7. The number of anilines is 1. The molecular formula is C19H18ClN3O. The largest absolute Gasteiger partial charge is 0.322 e. The maximum atomic E-state index is 12.7. The highest BCUT2D eigenvalue weighted by Gasteiger charge is 2.21. The lowest BCUT2D eigenvalue weighted by Gasteiger charge is -2.10. The van der Waals surface area contributed by atoms with Gasteiger partial charge in [-0.05, 0) is 50.1 Å². The van der Waals surface area contributed by atoms with Crippen LogP contribution in [-0.2, 0) is 0 Å². The minimum Gasteiger partial charge on any atom is -0.322 e. The molecule has 3 rings (SSSR count). The fraction of sp³-hybridized carbons (Fsp3) is 0.158. The molecule has 122 valence electrons. The minimum atomic E-state index is -0.256. The molecule has 2 aromatic carbocycles. The molecule has 0 bridgehead atoms. The van der Waals surface area contributed by atoms with Gasteiger partial charge in [0.1, 0.15) is 10.7 Å². The smallest absolute Gasteiger partial charge is 0.260 e. The zero-order valence-corrected chi connectivity index (χ0v) is 14.6. The van der Waals surface area contributed by atoms with E-state index >= 15 is 0 Å². The molecule has 1 aromatic heterocycles. The Balaban J connectivity index is 1.96. The van der Waals surface area contributed by atoms with E-state index in [9.17, 15) is 4.79 Å². The van der Waals surface area contributed by atoms with E-state index < -0.39 is 0 Å². The van der Waals surface area contributed by atoms with Crippen molar-refractivity contribution in [2.24, 2.45) is 0 Å². The third-order valence-electron chi connectivity index (χ3n) is 4.08. The van der Waals surface area contributed by atoms with E-state index in [1.165, 1.54) is 0 Å². The standard InChI is InChI=1S/C19H18ClN3O/c1-12-8-7-11-16(13(12)2)21-19(24)17-14(3)22-23(18(17)20)15-9-5-4-6-10-15/h4-11H,1-3H3,(H,21,24). The summed E-state index contributed by atoms with van der Waals surface area (Å²) in [5.74, 6) is -0.256. The maximum Gasteiger partial charge on any atom is 0.260 e. The molecule has 0 aliphatic carbocycles. The van der Waals surface area contributed by atoms with Crippen LogP contribution in [0.2, 0.25) is 5.15 Å². The number of nitrogens with zero attached hydrogens (tertiary/aromatic N) is 2. The molecule has 0 saturated heterocycles. The van der Waals surface area contributed by atoms with Crippen molar-refractivity contribution in [1.82, 2.24) is 9.78 Å². The Morgan fingerprint density at radius 3 is 2.46 bits per heavy atom. The number of carbonyl (C=O) groups excluding carboxylic acids is 1. The Bertz CT molecular complexity index is 900. The van der Waals surface area contributed by atoms with Gasteiger partial charge in [-0.15, -0.1) is 0 Å². The first-order valence-electron chi connectivity index (χ1n) is 7.67. The van der Waals surface area contributed by atoms with Gasteiger partial charge >= 0.3 is 0 Å². The lowest BCUT2D eigenvalue weighted by molar-refractivity contribution is 0.102. The van der Waals surface area contributed by atoms with Gasteiger partial charge in [-0.2, -0.15) is 5.10 Å². The van der Waals surface area contributed by atoms with Crippen LogP contribution in [0.15, 0.2) is 48.5 Å². The summed E-state index contributed by atoms with van der Waals surface area (Å²) in [5.41, 5.74) is 4.73. The molecule has 0 saturated carbocycles. The number of aromatic nitrogens is 2. The summed E-state index contributed by atoms with van der Waals surface area (Å²) in [7, 11) is 0. The Morgan fingerprint density at radius 1 is 1.04 bits per heavy atom. The van der Waals surface area contributed by atoms with Crippen LogP contribution in [0.5, 0.6) is 0 Å². The van der Waals surface area contributed by atoms with E-state index in [0.29, 0.717) is 16.4 Å². The molecule has 0 aliphatic rings. The van der Waals surface area contributed by atoms with E-state index in [1.54, 1.807) is 11.6 Å². The van der Waals surface area contributed by atoms with Crippen molar-refractivity contribution in [3.63, 3.8) is 0 Å². The van der Waals surface area contributed by atoms with Crippen LogP contribution in [0, 0.1) is 20.8 Å². The van der Waals surface area contributed by atoms with Gasteiger partial charge in [0.15, 0.2) is 0 Å². The molecular weight excluding hydrogens is 322 g/mol. The topological polar surface area (TPSA) is 46.9 Å². The van der Waals surface area contributed by atoms with E-state index in [2.05, 4.69) is 10.4 Å². The van der Waals surface area contributed by atoms with E-state index in [4.69, 9.17) is 11.6 Å². The number of carbonyl (C=O) groups is 1. The number of nitrogens with one attached hydrogen (secondary N) is 1. The quantitative estimate of drug-likeness (QED) is 0.751. The number of hydrogen-bond donors (Lipinski definition) is 1. The molecule has 0 fully saturated rings. The second kappa shape index (κ2) is 6.49. The molecule has 3 aromatic rings. The Morgan fingerprint density at radius 2 is 1.75 bits per heavy atom. The van der Waals surface area contributed by atoms with Gasteiger partial charge in [0.2, 0.25) is 0 Å². The number of amides is 1. The SMILES string of the molecule is Cc1cccc(NC(=O)c2c(C)nn(-c3ccccc3)c2Cl)c1C. The summed E-state index contributed by atoms with van der Waals surface area (Å²) >= 11 is 6.44. The Hall–Kier alpha value is -2.59. The predicted octanol–water partition coefficient (Wildman–Crippen LogP) is 4.70. The first-order valence-corrected chi connectivity index (χ1v) is 8.05. The van der Waals surface area contributed by atoms with Gasteiger partial charge in [0.25, 0.3) is 5.91 Å². The average molecular weight is 340 g/mol. The molecule has 0 radical (unpaired) electrons. The van der Waals surface area contributed by atoms with Crippen LogP contribution >= 0.6 is 11.6 Å². The number of benzene rings is 2. The molecule has 0 atom stereocenters. The van der Waals surface area contributed by atoms with Gasteiger partial charge < -0.3 is 5.32 Å². The van der Waals surface area contributed by atoms with Crippen molar-refractivity contribution >= 4 is 23.2 Å². The molecule has 1 heterocycles. The number of rotatable bonds is 3. The van der Waals surface area contributed by atoms with Crippen molar-refractivity contribution in [2.75, 3.05) is 5.32 Å². The zero-order chi connectivity index (χ0) is 17.3. The molecule has 5 heteroatoms. The number of aryl methyl sites for hydroxylation is 2. The molecule has 0 unspecified atom stereocenters. The van der Waals surface area contributed by atoms with Crippen LogP contribution in [0.4, 0.5) is 5.69 Å². The number of hydrogen-bond acceptors (Lipinski definition) is 2. The van der Waals surface area contributed by atoms with Crippen LogP contribution in [0.3, 0.4) is 0 Å². The summed E-state index contributed by atoms with van der Waals surface area (Å²) in [6.45, 7) is 5.77. The number of para-hydroxylation sites is 1. The average Bonchev–Trinajstić information content (AvgIpc) is 2.87. The predicted molar refractivity (Wildman–Crippen MR) is 97.2 cm³/mol. The van der Waals surface area contributed by atoms with Crippen LogP contribution < -0.4 is 5.32 Å². The molecule has 24 heavy (non-hydrogen) atoms. The third-order valence-corrected chi connectivity index (χ3v) is 4.43. The lowest BCUT2D eigenvalue weighted by Crippen LogP contribution is -2.14. The highest BCUT2D eigenvalue weighted by molar-refractivity contribution is 6.34. The van der Waals surface area contributed by atoms with E-state index in [1.807, 2.05) is 62.4 Å². The first-order chi connectivity index (χ1) is 11.5. The van der Waals surface area contributed by atoms with Gasteiger partial charge in [-0.1, -0.05) is 41.9 Å². The Kier molecular flexibility index (Phi) is 4.40. The highest BCUT2D eigenvalue weighted by Crippen LogP contribution is 2.25. The molecule has 1 N–H and O–H groups in total. The third kappa shape index (κ3) is 2.93. The van der Waals surface area contributed by atoms with Gasteiger partial charge in [0, 0.05) is 5.69 Å². The van der Waals surface area contributed by atoms with Crippen molar-refractivity contribution in [1.29, 1.82) is 0 Å². The normalized spacial score (nSPS) is 10.7. The Labute approximate surface area is 146 Å². The van der Waals surface area contributed by atoms with Crippen LogP contribution in [0.1, 0.15) is 27.2 Å². The van der Waals surface area contributed by atoms with Gasteiger partial charge in [-0.3, -0.25) is 4.79 Å². The summed E-state index contributed by atoms with van der Waals surface area (Å²) in [6.07, 6.45) is 0. The minimum absolute atomic E-state index is 0.256. The van der Waals surface area contributed by atoms with Crippen molar-refractivity contribution in [3.8, 4) is 5.69 Å².